The van der Waals surface area contributed by atoms with Crippen LogP contribution in [0, 0.1) is 12.3 Å². The Labute approximate surface area is 98.2 Å². The molecular formula is C13H23N3. The van der Waals surface area contributed by atoms with Crippen LogP contribution in [0.5, 0.6) is 0 Å². The van der Waals surface area contributed by atoms with Crippen molar-refractivity contribution in [2.45, 2.75) is 53.5 Å². The monoisotopic (exact) mass is 221 g/mol. The predicted octanol–water partition coefficient (Wildman–Crippen LogP) is 3.16. The van der Waals surface area contributed by atoms with Gasteiger partial charge in [0.2, 0.25) is 0 Å². The number of rotatable bonds is 1. The van der Waals surface area contributed by atoms with E-state index in [2.05, 4.69) is 44.6 Å². The van der Waals surface area contributed by atoms with E-state index in [0.717, 1.165) is 13.0 Å². The van der Waals surface area contributed by atoms with E-state index in [1.165, 1.54) is 23.5 Å². The maximum Gasteiger partial charge on any atom is 0.127 e. The van der Waals surface area contributed by atoms with Gasteiger partial charge >= 0.3 is 0 Å². The fraction of sp³-hybridized carbons (Fsp3) is 0.769. The SMILES string of the molecule is CCc1nn2c(c1C)NCCC2C(C)(C)C. The Morgan fingerprint density at radius 1 is 1.44 bits per heavy atom. The first-order valence-electron chi connectivity index (χ1n) is 6.27. The molecule has 1 aliphatic heterocycles. The van der Waals surface area contributed by atoms with Crippen molar-refractivity contribution in [2.75, 3.05) is 11.9 Å². The first-order valence-corrected chi connectivity index (χ1v) is 6.27. The van der Waals surface area contributed by atoms with Gasteiger partial charge in [-0.1, -0.05) is 27.7 Å². The van der Waals surface area contributed by atoms with Crippen LogP contribution in [0.3, 0.4) is 0 Å². The molecule has 0 saturated carbocycles. The normalized spacial score (nSPS) is 20.4. The molecule has 3 nitrogen and oxygen atoms in total. The molecule has 1 aromatic heterocycles. The zero-order valence-electron chi connectivity index (χ0n) is 11.1. The third kappa shape index (κ3) is 1.72. The molecule has 2 rings (SSSR count). The van der Waals surface area contributed by atoms with Crippen molar-refractivity contribution in [1.29, 1.82) is 0 Å². The summed E-state index contributed by atoms with van der Waals surface area (Å²) < 4.78 is 2.22. The van der Waals surface area contributed by atoms with Crippen molar-refractivity contribution in [3.8, 4) is 0 Å². The molecule has 2 heterocycles. The molecular weight excluding hydrogens is 198 g/mol. The van der Waals surface area contributed by atoms with E-state index in [4.69, 9.17) is 5.10 Å². The molecule has 0 aliphatic carbocycles. The number of aromatic nitrogens is 2. The van der Waals surface area contributed by atoms with Gasteiger partial charge in [0.15, 0.2) is 0 Å². The Hall–Kier alpha value is -0.990. The largest absolute Gasteiger partial charge is 0.370 e. The zero-order valence-corrected chi connectivity index (χ0v) is 11.1. The average Bonchev–Trinajstić information content (AvgIpc) is 2.54. The van der Waals surface area contributed by atoms with Crippen molar-refractivity contribution >= 4 is 5.82 Å². The molecule has 1 N–H and O–H groups in total. The molecule has 0 fully saturated rings. The van der Waals surface area contributed by atoms with E-state index >= 15 is 0 Å². The number of hydrogen-bond acceptors (Lipinski definition) is 2. The molecule has 90 valence electrons. The molecule has 1 aliphatic rings. The quantitative estimate of drug-likeness (QED) is 0.789. The van der Waals surface area contributed by atoms with Crippen molar-refractivity contribution in [3.63, 3.8) is 0 Å². The van der Waals surface area contributed by atoms with Crippen LogP contribution >= 0.6 is 0 Å². The fourth-order valence-electron chi connectivity index (χ4n) is 2.59. The zero-order chi connectivity index (χ0) is 11.9. The molecule has 16 heavy (non-hydrogen) atoms. The highest BCUT2D eigenvalue weighted by atomic mass is 15.4. The Kier molecular flexibility index (Phi) is 2.72. The van der Waals surface area contributed by atoms with Gasteiger partial charge in [-0.2, -0.15) is 5.10 Å². The maximum atomic E-state index is 4.77. The number of aryl methyl sites for hydroxylation is 1. The lowest BCUT2D eigenvalue weighted by molar-refractivity contribution is 0.209. The highest BCUT2D eigenvalue weighted by Crippen LogP contribution is 2.39. The summed E-state index contributed by atoms with van der Waals surface area (Å²) >= 11 is 0. The Morgan fingerprint density at radius 3 is 2.69 bits per heavy atom. The number of nitrogens with zero attached hydrogens (tertiary/aromatic N) is 2. The molecule has 3 heteroatoms. The van der Waals surface area contributed by atoms with Gasteiger partial charge in [-0.15, -0.1) is 0 Å². The first kappa shape index (κ1) is 11.5. The van der Waals surface area contributed by atoms with Crippen LogP contribution in [0.4, 0.5) is 5.82 Å². The molecule has 0 spiro atoms. The van der Waals surface area contributed by atoms with Gasteiger partial charge in [-0.25, -0.2) is 4.68 Å². The first-order chi connectivity index (χ1) is 7.45. The topological polar surface area (TPSA) is 29.9 Å². The highest BCUT2D eigenvalue weighted by molar-refractivity contribution is 5.48. The van der Waals surface area contributed by atoms with Crippen LogP contribution in [0.25, 0.3) is 0 Å². The lowest BCUT2D eigenvalue weighted by atomic mass is 9.84. The molecule has 0 radical (unpaired) electrons. The minimum atomic E-state index is 0.278. The number of nitrogens with one attached hydrogen (secondary N) is 1. The second-order valence-electron chi connectivity index (χ2n) is 5.82. The van der Waals surface area contributed by atoms with Gasteiger partial charge in [0.25, 0.3) is 0 Å². The summed E-state index contributed by atoms with van der Waals surface area (Å²) in [6, 6.07) is 0.516. The van der Waals surface area contributed by atoms with Crippen molar-refractivity contribution < 1.29 is 0 Å². The van der Waals surface area contributed by atoms with Crippen LogP contribution < -0.4 is 5.32 Å². The third-order valence-corrected chi connectivity index (χ3v) is 3.59. The summed E-state index contributed by atoms with van der Waals surface area (Å²) in [5.74, 6) is 1.24. The predicted molar refractivity (Wildman–Crippen MR) is 67.9 cm³/mol. The lowest BCUT2D eigenvalue weighted by Gasteiger charge is -2.35. The number of fused-ring (bicyclic) bond motifs is 1. The molecule has 1 aromatic rings. The molecule has 0 amide bonds. The van der Waals surface area contributed by atoms with E-state index in [9.17, 15) is 0 Å². The van der Waals surface area contributed by atoms with E-state index in [0.29, 0.717) is 6.04 Å². The van der Waals surface area contributed by atoms with Crippen molar-refractivity contribution in [2.24, 2.45) is 5.41 Å². The van der Waals surface area contributed by atoms with Crippen LogP contribution in [0.1, 0.15) is 51.4 Å². The van der Waals surface area contributed by atoms with E-state index in [1.807, 2.05) is 0 Å². The van der Waals surface area contributed by atoms with Crippen LogP contribution in [-0.2, 0) is 6.42 Å². The Balaban J connectivity index is 2.47. The van der Waals surface area contributed by atoms with Gasteiger partial charge in [0.05, 0.1) is 11.7 Å². The summed E-state index contributed by atoms with van der Waals surface area (Å²) in [7, 11) is 0. The second kappa shape index (κ2) is 3.79. The van der Waals surface area contributed by atoms with Crippen LogP contribution in [0.2, 0.25) is 0 Å². The van der Waals surface area contributed by atoms with Crippen molar-refractivity contribution in [3.05, 3.63) is 11.3 Å². The van der Waals surface area contributed by atoms with Gasteiger partial charge < -0.3 is 5.32 Å². The molecule has 1 unspecified atom stereocenters. The summed E-state index contributed by atoms with van der Waals surface area (Å²) in [6.07, 6.45) is 2.19. The van der Waals surface area contributed by atoms with Gasteiger partial charge in [0, 0.05) is 12.1 Å². The summed E-state index contributed by atoms with van der Waals surface area (Å²) in [5.41, 5.74) is 2.84. The average molecular weight is 221 g/mol. The van der Waals surface area contributed by atoms with E-state index in [1.54, 1.807) is 0 Å². The van der Waals surface area contributed by atoms with Gasteiger partial charge in [0.1, 0.15) is 5.82 Å². The lowest BCUT2D eigenvalue weighted by Crippen LogP contribution is -2.32. The van der Waals surface area contributed by atoms with E-state index < -0.39 is 0 Å². The maximum absolute atomic E-state index is 4.77. The summed E-state index contributed by atoms with van der Waals surface area (Å²) in [6.45, 7) is 12.3. The molecule has 0 saturated heterocycles. The van der Waals surface area contributed by atoms with Gasteiger partial charge in [-0.3, -0.25) is 0 Å². The Bertz CT molecular complexity index is 385. The minimum absolute atomic E-state index is 0.278. The minimum Gasteiger partial charge on any atom is -0.370 e. The fourth-order valence-corrected chi connectivity index (χ4v) is 2.59. The second-order valence-corrected chi connectivity index (χ2v) is 5.82. The number of hydrogen-bond donors (Lipinski definition) is 1. The van der Waals surface area contributed by atoms with Crippen LogP contribution in [-0.4, -0.2) is 16.3 Å². The standard InChI is InChI=1S/C13H23N3/c1-6-10-9(2)12-14-8-7-11(13(3,4)5)16(12)15-10/h11,14H,6-8H2,1-5H3. The molecule has 1 atom stereocenters. The van der Waals surface area contributed by atoms with Crippen LogP contribution in [0.15, 0.2) is 0 Å². The highest BCUT2D eigenvalue weighted by Gasteiger charge is 2.32. The van der Waals surface area contributed by atoms with Crippen molar-refractivity contribution in [1.82, 2.24) is 9.78 Å². The molecule has 0 bridgehead atoms. The third-order valence-electron chi connectivity index (χ3n) is 3.59. The van der Waals surface area contributed by atoms with Gasteiger partial charge in [-0.05, 0) is 25.2 Å². The summed E-state index contributed by atoms with van der Waals surface area (Å²) in [4.78, 5) is 0. The smallest absolute Gasteiger partial charge is 0.127 e. The van der Waals surface area contributed by atoms with E-state index in [-0.39, 0.29) is 5.41 Å². The number of anilines is 1. The molecule has 0 aromatic carbocycles. The summed E-state index contributed by atoms with van der Waals surface area (Å²) in [5, 5.41) is 8.26. The Morgan fingerprint density at radius 2 is 2.12 bits per heavy atom.